The van der Waals surface area contributed by atoms with Gasteiger partial charge in [0.1, 0.15) is 6.54 Å². The van der Waals surface area contributed by atoms with E-state index in [0.717, 1.165) is 30.4 Å². The van der Waals surface area contributed by atoms with Crippen LogP contribution >= 0.6 is 28.3 Å². The summed E-state index contributed by atoms with van der Waals surface area (Å²) in [6.45, 7) is 2.20. The van der Waals surface area contributed by atoms with Gasteiger partial charge in [-0.15, -0.1) is 12.4 Å². The minimum atomic E-state index is 0. The van der Waals surface area contributed by atoms with Gasteiger partial charge in [-0.1, -0.05) is 0 Å². The molecule has 5 nitrogen and oxygen atoms in total. The van der Waals surface area contributed by atoms with Crippen molar-refractivity contribution >= 4 is 34.2 Å². The molecule has 1 aliphatic rings. The fraction of sp³-hybridized carbons (Fsp3) is 0.600. The maximum absolute atomic E-state index is 11.7. The van der Waals surface area contributed by atoms with Gasteiger partial charge in [-0.3, -0.25) is 9.48 Å². The summed E-state index contributed by atoms with van der Waals surface area (Å²) in [6, 6.07) is 0.264. The predicted octanol–water partition coefficient (Wildman–Crippen LogP) is 0.936. The highest BCUT2D eigenvalue weighted by molar-refractivity contribution is 9.10. The van der Waals surface area contributed by atoms with E-state index in [2.05, 4.69) is 31.7 Å². The molecule has 2 heterocycles. The largest absolute Gasteiger partial charge is 0.350 e. The molecule has 1 fully saturated rings. The number of aromatic nitrogens is 2. The van der Waals surface area contributed by atoms with Crippen LogP contribution < -0.4 is 10.6 Å². The number of halogens is 2. The lowest BCUT2D eigenvalue weighted by molar-refractivity contribution is -0.122. The molecule has 0 spiro atoms. The van der Waals surface area contributed by atoms with Crippen LogP contribution in [0.2, 0.25) is 0 Å². The van der Waals surface area contributed by atoms with E-state index in [-0.39, 0.29) is 30.9 Å². The number of nitrogens with one attached hydrogen (secondary N) is 2. The standard InChI is InChI=1S/C10H15BrN4O.ClH/c11-8-4-13-15(6-8)7-10(16)14-9-2-1-3-12-5-9;/h4,6,9,12H,1-3,5,7H2,(H,14,16);1H/t9-;/m0./s1. The van der Waals surface area contributed by atoms with E-state index in [1.54, 1.807) is 17.1 Å². The number of piperidine rings is 1. The van der Waals surface area contributed by atoms with E-state index in [1.165, 1.54) is 0 Å². The van der Waals surface area contributed by atoms with Crippen LogP contribution in [0.1, 0.15) is 12.8 Å². The number of hydrogen-bond acceptors (Lipinski definition) is 3. The lowest BCUT2D eigenvalue weighted by Crippen LogP contribution is -2.46. The molecule has 1 aromatic heterocycles. The molecule has 17 heavy (non-hydrogen) atoms. The molecule has 0 aromatic carbocycles. The van der Waals surface area contributed by atoms with Gasteiger partial charge < -0.3 is 10.6 Å². The van der Waals surface area contributed by atoms with Gasteiger partial charge in [0.2, 0.25) is 5.91 Å². The van der Waals surface area contributed by atoms with E-state index >= 15 is 0 Å². The molecule has 0 radical (unpaired) electrons. The number of hydrogen-bond donors (Lipinski definition) is 2. The quantitative estimate of drug-likeness (QED) is 0.870. The van der Waals surface area contributed by atoms with E-state index in [9.17, 15) is 4.79 Å². The highest BCUT2D eigenvalue weighted by Gasteiger charge is 2.15. The average Bonchev–Trinajstić information content (AvgIpc) is 2.65. The minimum absolute atomic E-state index is 0. The number of carbonyl (C=O) groups is 1. The molecule has 2 N–H and O–H groups in total. The third kappa shape index (κ3) is 4.65. The summed E-state index contributed by atoms with van der Waals surface area (Å²) in [4.78, 5) is 11.7. The van der Waals surface area contributed by atoms with Gasteiger partial charge >= 0.3 is 0 Å². The second-order valence-electron chi connectivity index (χ2n) is 3.97. The zero-order chi connectivity index (χ0) is 11.4. The Kier molecular flexibility index (Phi) is 5.94. The van der Waals surface area contributed by atoms with Gasteiger partial charge in [-0.05, 0) is 35.3 Å². The van der Waals surface area contributed by atoms with Gasteiger partial charge in [0.25, 0.3) is 0 Å². The van der Waals surface area contributed by atoms with Crippen molar-refractivity contribution in [3.05, 3.63) is 16.9 Å². The topological polar surface area (TPSA) is 59.0 Å². The monoisotopic (exact) mass is 322 g/mol. The van der Waals surface area contributed by atoms with Crippen molar-refractivity contribution in [2.75, 3.05) is 13.1 Å². The van der Waals surface area contributed by atoms with Gasteiger partial charge in [0.15, 0.2) is 0 Å². The highest BCUT2D eigenvalue weighted by atomic mass is 79.9. The van der Waals surface area contributed by atoms with Crippen molar-refractivity contribution in [2.45, 2.75) is 25.4 Å². The maximum Gasteiger partial charge on any atom is 0.241 e. The Bertz CT molecular complexity index is 365. The van der Waals surface area contributed by atoms with Gasteiger partial charge in [-0.2, -0.15) is 5.10 Å². The van der Waals surface area contributed by atoms with Crippen LogP contribution in [0.4, 0.5) is 0 Å². The molecular formula is C10H16BrClN4O. The number of nitrogens with zero attached hydrogens (tertiary/aromatic N) is 2. The van der Waals surface area contributed by atoms with E-state index in [1.807, 2.05) is 0 Å². The van der Waals surface area contributed by atoms with Crippen LogP contribution in [0.3, 0.4) is 0 Å². The first-order chi connectivity index (χ1) is 7.74. The Hall–Kier alpha value is -0.590. The summed E-state index contributed by atoms with van der Waals surface area (Å²) >= 11 is 3.30. The minimum Gasteiger partial charge on any atom is -0.350 e. The summed E-state index contributed by atoms with van der Waals surface area (Å²) < 4.78 is 2.51. The Morgan fingerprint density at radius 1 is 1.71 bits per heavy atom. The molecule has 1 aliphatic heterocycles. The Morgan fingerprint density at radius 3 is 3.12 bits per heavy atom. The first kappa shape index (κ1) is 14.5. The highest BCUT2D eigenvalue weighted by Crippen LogP contribution is 2.06. The first-order valence-electron chi connectivity index (χ1n) is 5.42. The van der Waals surface area contributed by atoms with Crippen LogP contribution in [0.25, 0.3) is 0 Å². The van der Waals surface area contributed by atoms with Crippen molar-refractivity contribution in [1.82, 2.24) is 20.4 Å². The van der Waals surface area contributed by atoms with E-state index in [0.29, 0.717) is 0 Å². The van der Waals surface area contributed by atoms with Gasteiger partial charge in [-0.25, -0.2) is 0 Å². The van der Waals surface area contributed by atoms with Crippen LogP contribution in [0.5, 0.6) is 0 Å². The van der Waals surface area contributed by atoms with E-state index < -0.39 is 0 Å². The molecule has 2 rings (SSSR count). The first-order valence-corrected chi connectivity index (χ1v) is 6.21. The van der Waals surface area contributed by atoms with Crippen LogP contribution in [-0.2, 0) is 11.3 Å². The second kappa shape index (κ2) is 6.98. The fourth-order valence-electron chi connectivity index (χ4n) is 1.82. The van der Waals surface area contributed by atoms with E-state index in [4.69, 9.17) is 0 Å². The SMILES string of the molecule is Cl.O=C(Cn1cc(Br)cn1)N[C@H]1CCCNC1. The second-order valence-corrected chi connectivity index (χ2v) is 4.88. The molecule has 1 atom stereocenters. The average molecular weight is 324 g/mol. The zero-order valence-electron chi connectivity index (χ0n) is 9.36. The lowest BCUT2D eigenvalue weighted by atomic mass is 10.1. The predicted molar refractivity (Wildman–Crippen MR) is 71.2 cm³/mol. The summed E-state index contributed by atoms with van der Waals surface area (Å²) in [5, 5.41) is 10.3. The number of carbonyl (C=O) groups excluding carboxylic acids is 1. The molecular weight excluding hydrogens is 307 g/mol. The van der Waals surface area contributed by atoms with Crippen molar-refractivity contribution in [3.8, 4) is 0 Å². The molecule has 0 unspecified atom stereocenters. The van der Waals surface area contributed by atoms with Crippen molar-refractivity contribution in [3.63, 3.8) is 0 Å². The third-order valence-electron chi connectivity index (χ3n) is 2.57. The fourth-order valence-corrected chi connectivity index (χ4v) is 2.15. The maximum atomic E-state index is 11.7. The Balaban J connectivity index is 0.00000144. The van der Waals surface area contributed by atoms with Crippen LogP contribution in [0, 0.1) is 0 Å². The molecule has 7 heteroatoms. The number of rotatable bonds is 3. The summed E-state index contributed by atoms with van der Waals surface area (Å²) in [7, 11) is 0. The lowest BCUT2D eigenvalue weighted by Gasteiger charge is -2.23. The summed E-state index contributed by atoms with van der Waals surface area (Å²) in [5.41, 5.74) is 0. The van der Waals surface area contributed by atoms with Crippen molar-refractivity contribution in [2.24, 2.45) is 0 Å². The molecule has 0 saturated carbocycles. The van der Waals surface area contributed by atoms with Crippen LogP contribution in [0.15, 0.2) is 16.9 Å². The molecule has 0 bridgehead atoms. The zero-order valence-corrected chi connectivity index (χ0v) is 11.8. The third-order valence-corrected chi connectivity index (χ3v) is 2.98. The normalized spacial score (nSPS) is 19.5. The summed E-state index contributed by atoms with van der Waals surface area (Å²) in [6.07, 6.45) is 5.65. The molecule has 0 aliphatic carbocycles. The smallest absolute Gasteiger partial charge is 0.241 e. The van der Waals surface area contributed by atoms with Gasteiger partial charge in [0, 0.05) is 18.8 Å². The Labute approximate surface area is 115 Å². The summed E-state index contributed by atoms with van der Waals surface area (Å²) in [5.74, 6) is 0.0179. The molecule has 1 saturated heterocycles. The Morgan fingerprint density at radius 2 is 2.53 bits per heavy atom. The molecule has 1 aromatic rings. The number of amides is 1. The van der Waals surface area contributed by atoms with Crippen molar-refractivity contribution in [1.29, 1.82) is 0 Å². The van der Waals surface area contributed by atoms with Crippen LogP contribution in [-0.4, -0.2) is 34.8 Å². The molecule has 96 valence electrons. The molecule has 1 amide bonds. The van der Waals surface area contributed by atoms with Crippen molar-refractivity contribution < 1.29 is 4.79 Å². The van der Waals surface area contributed by atoms with Gasteiger partial charge in [0.05, 0.1) is 10.7 Å².